The van der Waals surface area contributed by atoms with E-state index in [1.54, 1.807) is 17.0 Å². The first-order chi connectivity index (χ1) is 15.4. The maximum Gasteiger partial charge on any atom is 0.416 e. The van der Waals surface area contributed by atoms with Crippen LogP contribution in [0.1, 0.15) is 24.0 Å². The molecule has 1 saturated heterocycles. The van der Waals surface area contributed by atoms with Crippen molar-refractivity contribution < 1.29 is 35.5 Å². The quantitative estimate of drug-likeness (QED) is 0.436. The highest BCUT2D eigenvalue weighted by Crippen LogP contribution is 2.38. The number of nitrogens with one attached hydrogen (secondary N) is 1. The molecular weight excluding hydrogens is 475 g/mol. The van der Waals surface area contributed by atoms with E-state index in [1.165, 1.54) is 17.4 Å². The summed E-state index contributed by atoms with van der Waals surface area (Å²) in [6, 6.07) is 5.50. The highest BCUT2D eigenvalue weighted by Gasteiger charge is 2.37. The molecule has 3 aromatic rings. The lowest BCUT2D eigenvalue weighted by atomic mass is 9.97. The second-order valence-corrected chi connectivity index (χ2v) is 8.66. The summed E-state index contributed by atoms with van der Waals surface area (Å²) in [4.78, 5) is 18.8. The minimum atomic E-state index is -5.01. The summed E-state index contributed by atoms with van der Waals surface area (Å²) in [5.74, 6) is -1.87. The fraction of sp³-hybridized carbons (Fsp3) is 0.333. The molecule has 1 N–H and O–H groups in total. The molecule has 176 valence electrons. The van der Waals surface area contributed by atoms with Gasteiger partial charge in [-0.2, -0.15) is 26.3 Å². The number of hydrogen-bond donors (Lipinski definition) is 1. The van der Waals surface area contributed by atoms with E-state index in [2.05, 4.69) is 10.3 Å². The van der Waals surface area contributed by atoms with Crippen LogP contribution in [0, 0.1) is 11.7 Å². The number of amides is 1. The van der Waals surface area contributed by atoms with E-state index in [0.29, 0.717) is 41.4 Å². The Morgan fingerprint density at radius 1 is 1.06 bits per heavy atom. The average molecular weight is 491 g/mol. The van der Waals surface area contributed by atoms with Gasteiger partial charge in [-0.15, -0.1) is 0 Å². The number of carbonyl (C=O) groups excluding carboxylic acids is 1. The highest BCUT2D eigenvalue weighted by atomic mass is 32.1. The molecule has 4 nitrogen and oxygen atoms in total. The van der Waals surface area contributed by atoms with Gasteiger partial charge >= 0.3 is 12.4 Å². The SMILES string of the molecule is O=C(Nc1cc(C(F)(F)F)cc(C(F)(F)F)c1)C1CCCN(c2nc3c(F)cccc3s2)C1. The van der Waals surface area contributed by atoms with Crippen LogP contribution in [0.4, 0.5) is 41.6 Å². The Morgan fingerprint density at radius 3 is 2.33 bits per heavy atom. The smallest absolute Gasteiger partial charge is 0.347 e. The Morgan fingerprint density at radius 2 is 1.73 bits per heavy atom. The fourth-order valence-electron chi connectivity index (χ4n) is 3.67. The molecule has 1 aromatic heterocycles. The zero-order valence-electron chi connectivity index (χ0n) is 16.7. The van der Waals surface area contributed by atoms with Crippen LogP contribution in [0.3, 0.4) is 0 Å². The number of hydrogen-bond acceptors (Lipinski definition) is 4. The molecular formula is C21H16F7N3OS. The number of halogens is 7. The average Bonchev–Trinajstić information content (AvgIpc) is 3.18. The van der Waals surface area contributed by atoms with Gasteiger partial charge in [-0.1, -0.05) is 17.4 Å². The maximum absolute atomic E-state index is 13.9. The summed E-state index contributed by atoms with van der Waals surface area (Å²) in [5.41, 5.74) is -3.39. The van der Waals surface area contributed by atoms with Crippen molar-refractivity contribution >= 4 is 38.3 Å². The van der Waals surface area contributed by atoms with Crippen molar-refractivity contribution in [3.05, 3.63) is 53.3 Å². The van der Waals surface area contributed by atoms with Crippen LogP contribution in [-0.2, 0) is 17.1 Å². The summed E-state index contributed by atoms with van der Waals surface area (Å²) in [6.45, 7) is 0.686. The molecule has 1 atom stereocenters. The van der Waals surface area contributed by atoms with Crippen molar-refractivity contribution in [1.82, 2.24) is 4.98 Å². The van der Waals surface area contributed by atoms with E-state index in [9.17, 15) is 35.5 Å². The third-order valence-corrected chi connectivity index (χ3v) is 6.36. The minimum absolute atomic E-state index is 0.00422. The van der Waals surface area contributed by atoms with Crippen molar-refractivity contribution in [2.45, 2.75) is 25.2 Å². The molecule has 1 amide bonds. The molecule has 1 fully saturated rings. The predicted molar refractivity (Wildman–Crippen MR) is 110 cm³/mol. The van der Waals surface area contributed by atoms with Gasteiger partial charge in [0.1, 0.15) is 11.3 Å². The predicted octanol–water partition coefficient (Wildman–Crippen LogP) is 6.33. The van der Waals surface area contributed by atoms with Crippen molar-refractivity contribution in [1.29, 1.82) is 0 Å². The third-order valence-electron chi connectivity index (χ3n) is 5.28. The summed E-state index contributed by atoms with van der Waals surface area (Å²) >= 11 is 1.24. The fourth-order valence-corrected chi connectivity index (χ4v) is 4.69. The van der Waals surface area contributed by atoms with Gasteiger partial charge in [-0.25, -0.2) is 9.37 Å². The molecule has 0 radical (unpaired) electrons. The Hall–Kier alpha value is -2.89. The molecule has 33 heavy (non-hydrogen) atoms. The van der Waals surface area contributed by atoms with Crippen LogP contribution in [0.15, 0.2) is 36.4 Å². The zero-order valence-corrected chi connectivity index (χ0v) is 17.5. The Bertz CT molecular complexity index is 1160. The number of anilines is 2. The minimum Gasteiger partial charge on any atom is -0.347 e. The summed E-state index contributed by atoms with van der Waals surface area (Å²) in [6.07, 6.45) is -9.07. The summed E-state index contributed by atoms with van der Waals surface area (Å²) in [5, 5.41) is 2.69. The number of alkyl halides is 6. The number of aromatic nitrogens is 1. The summed E-state index contributed by atoms with van der Waals surface area (Å²) in [7, 11) is 0. The van der Waals surface area contributed by atoms with E-state index < -0.39 is 46.8 Å². The number of para-hydroxylation sites is 1. The molecule has 2 aromatic carbocycles. The van der Waals surface area contributed by atoms with Gasteiger partial charge in [-0.05, 0) is 43.2 Å². The first kappa shape index (κ1) is 23.3. The van der Waals surface area contributed by atoms with Gasteiger partial charge in [0.2, 0.25) is 5.91 Å². The normalized spacial score (nSPS) is 17.4. The number of thiazole rings is 1. The highest BCUT2D eigenvalue weighted by molar-refractivity contribution is 7.22. The molecule has 1 unspecified atom stereocenters. The van der Waals surface area contributed by atoms with Gasteiger partial charge < -0.3 is 10.2 Å². The molecule has 0 bridgehead atoms. The standard InChI is InChI=1S/C21H16F7N3OS/c22-15-4-1-5-16-17(15)30-19(33-16)31-6-2-3-11(10-31)18(32)29-14-8-12(20(23,24)25)7-13(9-14)21(26,27)28/h1,4-5,7-9,11H,2-3,6,10H2,(H,29,32). The third kappa shape index (κ3) is 5.05. The van der Waals surface area contributed by atoms with Crippen molar-refractivity contribution in [3.63, 3.8) is 0 Å². The molecule has 0 spiro atoms. The van der Waals surface area contributed by atoms with Crippen LogP contribution >= 0.6 is 11.3 Å². The van der Waals surface area contributed by atoms with Gasteiger partial charge in [0.05, 0.1) is 21.7 Å². The molecule has 1 aliphatic heterocycles. The molecule has 0 aliphatic carbocycles. The molecule has 1 aliphatic rings. The number of nitrogens with zero attached hydrogens (tertiary/aromatic N) is 2. The number of carbonyl (C=O) groups is 1. The lowest BCUT2D eigenvalue weighted by molar-refractivity contribution is -0.143. The first-order valence-corrected chi connectivity index (χ1v) is 10.6. The molecule has 0 saturated carbocycles. The van der Waals surface area contributed by atoms with Crippen LogP contribution < -0.4 is 10.2 Å². The molecule has 12 heteroatoms. The number of rotatable bonds is 3. The van der Waals surface area contributed by atoms with Crippen molar-refractivity contribution in [3.8, 4) is 0 Å². The van der Waals surface area contributed by atoms with E-state index >= 15 is 0 Å². The number of benzene rings is 2. The monoisotopic (exact) mass is 491 g/mol. The van der Waals surface area contributed by atoms with E-state index in [0.717, 1.165) is 0 Å². The van der Waals surface area contributed by atoms with Crippen LogP contribution in [0.5, 0.6) is 0 Å². The van der Waals surface area contributed by atoms with Crippen LogP contribution in [-0.4, -0.2) is 24.0 Å². The first-order valence-electron chi connectivity index (χ1n) is 9.82. The van der Waals surface area contributed by atoms with Gasteiger partial charge in [-0.3, -0.25) is 4.79 Å². The number of fused-ring (bicyclic) bond motifs is 1. The molecule has 2 heterocycles. The summed E-state index contributed by atoms with van der Waals surface area (Å²) < 4.78 is 93.0. The van der Waals surface area contributed by atoms with Gasteiger partial charge in [0.15, 0.2) is 5.13 Å². The van der Waals surface area contributed by atoms with E-state index in [-0.39, 0.29) is 18.1 Å². The lowest BCUT2D eigenvalue weighted by Gasteiger charge is -2.31. The Labute approximate surface area is 187 Å². The van der Waals surface area contributed by atoms with Crippen LogP contribution in [0.25, 0.3) is 10.2 Å². The van der Waals surface area contributed by atoms with Crippen molar-refractivity contribution in [2.24, 2.45) is 5.92 Å². The van der Waals surface area contributed by atoms with E-state index in [1.807, 2.05) is 0 Å². The lowest BCUT2D eigenvalue weighted by Crippen LogP contribution is -2.40. The maximum atomic E-state index is 13.9. The number of piperidine rings is 1. The largest absolute Gasteiger partial charge is 0.416 e. The van der Waals surface area contributed by atoms with Gasteiger partial charge in [0.25, 0.3) is 0 Å². The molecule has 4 rings (SSSR count). The zero-order chi connectivity index (χ0) is 24.0. The second-order valence-electron chi connectivity index (χ2n) is 7.65. The second kappa shape index (κ2) is 8.47. The van der Waals surface area contributed by atoms with Crippen LogP contribution in [0.2, 0.25) is 0 Å². The Kier molecular flexibility index (Phi) is 5.97. The van der Waals surface area contributed by atoms with Gasteiger partial charge in [0, 0.05) is 18.8 Å². The van der Waals surface area contributed by atoms with E-state index in [4.69, 9.17) is 0 Å². The topological polar surface area (TPSA) is 45.2 Å². The van der Waals surface area contributed by atoms with Crippen molar-refractivity contribution in [2.75, 3.05) is 23.3 Å². The Balaban J connectivity index is 1.54.